The van der Waals surface area contributed by atoms with Crippen LogP contribution in [0.25, 0.3) is 0 Å². The molecule has 0 unspecified atom stereocenters. The van der Waals surface area contributed by atoms with E-state index in [9.17, 15) is 14.4 Å². The van der Waals surface area contributed by atoms with Gasteiger partial charge in [0.2, 0.25) is 5.41 Å². The molecular formula is C6H4O6. The Kier molecular flexibility index (Phi) is 1.42. The maximum Gasteiger partial charge on any atom is 0.333 e. The average molecular weight is 172 g/mol. The zero-order valence-electron chi connectivity index (χ0n) is 5.64. The highest BCUT2D eigenvalue weighted by Crippen LogP contribution is 2.44. The van der Waals surface area contributed by atoms with Crippen LogP contribution in [-0.2, 0) is 14.4 Å². The molecule has 6 heteroatoms. The van der Waals surface area contributed by atoms with E-state index in [0.717, 1.165) is 0 Å². The van der Waals surface area contributed by atoms with Crippen LogP contribution in [0.2, 0.25) is 0 Å². The first-order valence-electron chi connectivity index (χ1n) is 2.86. The minimum absolute atomic E-state index is 0.595. The van der Waals surface area contributed by atoms with E-state index >= 15 is 0 Å². The Morgan fingerprint density at radius 2 is 1.50 bits per heavy atom. The number of carboxylic acids is 3. The molecule has 0 bridgehead atoms. The van der Waals surface area contributed by atoms with Crippen LogP contribution in [-0.4, -0.2) is 33.2 Å². The third kappa shape index (κ3) is 0.777. The molecule has 0 aliphatic heterocycles. The fraction of sp³-hybridized carbons (Fsp3) is 0.167. The van der Waals surface area contributed by atoms with Crippen LogP contribution < -0.4 is 0 Å². The lowest BCUT2D eigenvalue weighted by molar-refractivity contribution is -0.157. The summed E-state index contributed by atoms with van der Waals surface area (Å²) in [6, 6.07) is 0. The van der Waals surface area contributed by atoms with Gasteiger partial charge in [-0.05, 0) is 6.08 Å². The van der Waals surface area contributed by atoms with E-state index in [1.807, 2.05) is 0 Å². The molecule has 0 aromatic heterocycles. The molecule has 1 rings (SSSR count). The van der Waals surface area contributed by atoms with E-state index in [2.05, 4.69) is 0 Å². The zero-order valence-corrected chi connectivity index (χ0v) is 5.64. The van der Waals surface area contributed by atoms with Gasteiger partial charge in [0.25, 0.3) is 0 Å². The van der Waals surface area contributed by atoms with Crippen molar-refractivity contribution in [3.8, 4) is 0 Å². The second-order valence-electron chi connectivity index (χ2n) is 2.28. The summed E-state index contributed by atoms with van der Waals surface area (Å²) in [6.45, 7) is 0. The summed E-state index contributed by atoms with van der Waals surface area (Å²) in [5, 5.41) is 25.1. The van der Waals surface area contributed by atoms with Gasteiger partial charge in [0.05, 0.1) is 5.57 Å². The van der Waals surface area contributed by atoms with Crippen molar-refractivity contribution in [2.45, 2.75) is 0 Å². The van der Waals surface area contributed by atoms with Gasteiger partial charge in [0, 0.05) is 0 Å². The smallest absolute Gasteiger partial charge is 0.333 e. The molecule has 0 heterocycles. The minimum Gasteiger partial charge on any atom is -0.480 e. The van der Waals surface area contributed by atoms with E-state index in [-0.39, 0.29) is 0 Å². The predicted molar refractivity (Wildman–Crippen MR) is 33.4 cm³/mol. The highest BCUT2D eigenvalue weighted by Gasteiger charge is 2.61. The summed E-state index contributed by atoms with van der Waals surface area (Å²) >= 11 is 0. The van der Waals surface area contributed by atoms with Crippen LogP contribution in [0.3, 0.4) is 0 Å². The second-order valence-corrected chi connectivity index (χ2v) is 2.28. The number of aliphatic carboxylic acids is 3. The summed E-state index contributed by atoms with van der Waals surface area (Å²) in [5.74, 6) is -4.86. The number of rotatable bonds is 3. The molecule has 6 nitrogen and oxygen atoms in total. The second kappa shape index (κ2) is 2.07. The standard InChI is InChI=1S/C6H4O6/c7-3(8)2-1-6(2,4(9)10)5(11)12/h1H,(H,7,8)(H,9,10)(H,11,12). The Morgan fingerprint density at radius 1 is 1.08 bits per heavy atom. The number of carboxylic acid groups (broad SMARTS) is 3. The fourth-order valence-corrected chi connectivity index (χ4v) is 0.856. The van der Waals surface area contributed by atoms with Gasteiger partial charge >= 0.3 is 17.9 Å². The zero-order chi connectivity index (χ0) is 9.52. The Balaban J connectivity index is 2.94. The summed E-state index contributed by atoms with van der Waals surface area (Å²) < 4.78 is 0. The van der Waals surface area contributed by atoms with Gasteiger partial charge in [-0.15, -0.1) is 0 Å². The van der Waals surface area contributed by atoms with Gasteiger partial charge in [-0.2, -0.15) is 0 Å². The van der Waals surface area contributed by atoms with Gasteiger partial charge < -0.3 is 15.3 Å². The Labute approximate surface area is 65.7 Å². The summed E-state index contributed by atoms with van der Waals surface area (Å²) in [4.78, 5) is 30.9. The van der Waals surface area contributed by atoms with E-state index in [1.165, 1.54) is 0 Å². The molecule has 0 atom stereocenters. The monoisotopic (exact) mass is 172 g/mol. The van der Waals surface area contributed by atoms with Crippen LogP contribution in [0.1, 0.15) is 0 Å². The van der Waals surface area contributed by atoms with Crippen molar-refractivity contribution in [1.82, 2.24) is 0 Å². The molecule has 0 saturated heterocycles. The lowest BCUT2D eigenvalue weighted by Gasteiger charge is -2.03. The first kappa shape index (κ1) is 8.25. The molecule has 64 valence electrons. The molecule has 0 amide bonds. The van der Waals surface area contributed by atoms with Gasteiger partial charge in [-0.25, -0.2) is 4.79 Å². The predicted octanol–water partition coefficient (Wildman–Crippen LogP) is -0.833. The third-order valence-electron chi connectivity index (χ3n) is 1.61. The molecule has 1 aliphatic carbocycles. The molecule has 3 N–H and O–H groups in total. The molecule has 0 aromatic rings. The summed E-state index contributed by atoms with van der Waals surface area (Å²) in [5.41, 5.74) is -2.88. The Hall–Kier alpha value is -1.85. The first-order chi connectivity index (χ1) is 5.43. The van der Waals surface area contributed by atoms with Crippen LogP contribution in [0.5, 0.6) is 0 Å². The number of hydrogen-bond acceptors (Lipinski definition) is 3. The van der Waals surface area contributed by atoms with Crippen molar-refractivity contribution in [1.29, 1.82) is 0 Å². The molecule has 0 saturated carbocycles. The minimum atomic E-state index is -2.29. The maximum atomic E-state index is 10.3. The maximum absolute atomic E-state index is 10.3. The molecule has 0 fully saturated rings. The third-order valence-corrected chi connectivity index (χ3v) is 1.61. The average Bonchev–Trinajstić information content (AvgIpc) is 2.60. The van der Waals surface area contributed by atoms with Crippen molar-refractivity contribution < 1.29 is 29.7 Å². The van der Waals surface area contributed by atoms with Crippen molar-refractivity contribution in [2.75, 3.05) is 0 Å². The quantitative estimate of drug-likeness (QED) is 0.479. The molecule has 1 aliphatic rings. The van der Waals surface area contributed by atoms with Crippen molar-refractivity contribution >= 4 is 17.9 Å². The van der Waals surface area contributed by atoms with E-state index in [1.54, 1.807) is 0 Å². The van der Waals surface area contributed by atoms with Crippen LogP contribution >= 0.6 is 0 Å². The molecular weight excluding hydrogens is 168 g/mol. The van der Waals surface area contributed by atoms with Gasteiger partial charge in [0.1, 0.15) is 0 Å². The summed E-state index contributed by atoms with van der Waals surface area (Å²) in [7, 11) is 0. The normalized spacial score (nSPS) is 17.8. The van der Waals surface area contributed by atoms with Gasteiger partial charge in [0.15, 0.2) is 0 Å². The molecule has 0 aromatic carbocycles. The SMILES string of the molecule is O=C(O)C1=CC1(C(=O)O)C(=O)O. The van der Waals surface area contributed by atoms with E-state index < -0.39 is 28.9 Å². The molecule has 0 spiro atoms. The van der Waals surface area contributed by atoms with Gasteiger partial charge in [-0.3, -0.25) is 9.59 Å². The van der Waals surface area contributed by atoms with E-state index in [4.69, 9.17) is 15.3 Å². The topological polar surface area (TPSA) is 112 Å². The Morgan fingerprint density at radius 3 is 1.58 bits per heavy atom. The number of hydrogen-bond donors (Lipinski definition) is 3. The van der Waals surface area contributed by atoms with Crippen LogP contribution in [0, 0.1) is 5.41 Å². The van der Waals surface area contributed by atoms with E-state index in [0.29, 0.717) is 6.08 Å². The van der Waals surface area contributed by atoms with Crippen molar-refractivity contribution in [3.63, 3.8) is 0 Å². The first-order valence-corrected chi connectivity index (χ1v) is 2.86. The summed E-state index contributed by atoms with van der Waals surface area (Å²) in [6.07, 6.45) is 0.694. The largest absolute Gasteiger partial charge is 0.480 e. The Bertz CT molecular complexity index is 298. The number of carbonyl (C=O) groups is 3. The highest BCUT2D eigenvalue weighted by molar-refractivity contribution is 6.18. The van der Waals surface area contributed by atoms with Crippen LogP contribution in [0.15, 0.2) is 11.6 Å². The molecule has 0 radical (unpaired) electrons. The fourth-order valence-electron chi connectivity index (χ4n) is 0.856. The van der Waals surface area contributed by atoms with Crippen LogP contribution in [0.4, 0.5) is 0 Å². The lowest BCUT2D eigenvalue weighted by Crippen LogP contribution is -2.30. The van der Waals surface area contributed by atoms with Gasteiger partial charge in [-0.1, -0.05) is 0 Å². The lowest BCUT2D eigenvalue weighted by atomic mass is 10.0. The van der Waals surface area contributed by atoms with Crippen molar-refractivity contribution in [2.24, 2.45) is 5.41 Å². The highest BCUT2D eigenvalue weighted by atomic mass is 16.4. The molecule has 12 heavy (non-hydrogen) atoms. The van der Waals surface area contributed by atoms with Crippen molar-refractivity contribution in [3.05, 3.63) is 11.6 Å².